The first kappa shape index (κ1) is 20.1. The molecule has 1 heterocycles. The molecule has 0 aliphatic carbocycles. The lowest BCUT2D eigenvalue weighted by Crippen LogP contribution is -2.73. The van der Waals surface area contributed by atoms with Gasteiger partial charge in [0.2, 0.25) is 0 Å². The Kier molecular flexibility index (Phi) is 4.39. The van der Waals surface area contributed by atoms with Crippen molar-refractivity contribution >= 4 is 0 Å². The Balaban J connectivity index is 3.44. The van der Waals surface area contributed by atoms with Gasteiger partial charge in [-0.25, -0.2) is 4.39 Å². The number of hydrogen-bond donors (Lipinski definition) is 0. The van der Waals surface area contributed by atoms with Crippen molar-refractivity contribution in [1.29, 1.82) is 0 Å². The highest BCUT2D eigenvalue weighted by atomic mass is 19.4. The van der Waals surface area contributed by atoms with Crippen LogP contribution in [-0.4, -0.2) is 48.5 Å². The molecule has 0 saturated carbocycles. The molecule has 14 heteroatoms. The smallest absolute Gasteiger partial charge is 0.373 e. The van der Waals surface area contributed by atoms with Gasteiger partial charge in [0.05, 0.1) is 12.7 Å². The lowest BCUT2D eigenvalue weighted by Gasteiger charge is -2.41. The highest BCUT2D eigenvalue weighted by molar-refractivity contribution is 5.14. The molecule has 0 aromatic carbocycles. The molecule has 0 spiro atoms. The Morgan fingerprint density at radius 1 is 0.652 bits per heavy atom. The van der Waals surface area contributed by atoms with Crippen molar-refractivity contribution in [2.24, 2.45) is 0 Å². The van der Waals surface area contributed by atoms with Gasteiger partial charge in [-0.15, -0.1) is 0 Å². The van der Waals surface area contributed by atoms with Crippen LogP contribution in [0.15, 0.2) is 0 Å². The largest absolute Gasteiger partial charge is 0.438 e. The maximum absolute atomic E-state index is 13.1. The average Bonchev–Trinajstić information content (AvgIpc) is 3.07. The quantitative estimate of drug-likeness (QED) is 0.508. The van der Waals surface area contributed by atoms with Gasteiger partial charge < -0.3 is 4.74 Å². The van der Waals surface area contributed by atoms with E-state index in [1.807, 2.05) is 0 Å². The molecule has 1 saturated heterocycles. The average molecular weight is 376 g/mol. The van der Waals surface area contributed by atoms with E-state index < -0.39 is 54.9 Å². The van der Waals surface area contributed by atoms with Crippen LogP contribution in [-0.2, 0) is 4.74 Å². The Morgan fingerprint density at radius 2 is 1.00 bits per heavy atom. The lowest BCUT2D eigenvalue weighted by atomic mass is 9.86. The second kappa shape index (κ2) is 5.02. The van der Waals surface area contributed by atoms with Crippen LogP contribution in [0.1, 0.15) is 6.42 Å². The van der Waals surface area contributed by atoms with Gasteiger partial charge in [0, 0.05) is 6.42 Å². The van der Waals surface area contributed by atoms with Gasteiger partial charge in [-0.1, -0.05) is 0 Å². The zero-order chi connectivity index (χ0) is 18.7. The van der Waals surface area contributed by atoms with Crippen LogP contribution in [0.5, 0.6) is 0 Å². The summed E-state index contributed by atoms with van der Waals surface area (Å²) in [6.45, 7) is -0.642. The number of hydrogen-bond acceptors (Lipinski definition) is 1. The molecular weight excluding hydrogens is 371 g/mol. The summed E-state index contributed by atoms with van der Waals surface area (Å²) in [6, 6.07) is 0. The fourth-order valence-corrected chi connectivity index (χ4v) is 1.56. The van der Waals surface area contributed by atoms with Crippen LogP contribution in [0.2, 0.25) is 0 Å². The van der Waals surface area contributed by atoms with Gasteiger partial charge in [-0.3, -0.25) is 0 Å². The predicted octanol–water partition coefficient (Wildman–Crippen LogP) is 4.51. The second-order valence-corrected chi connectivity index (χ2v) is 4.67. The molecule has 0 amide bonds. The fraction of sp³-hybridized carbons (Fsp3) is 1.00. The second-order valence-electron chi connectivity index (χ2n) is 4.67. The number of alkyl halides is 13. The monoisotopic (exact) mass is 376 g/mol. The van der Waals surface area contributed by atoms with Crippen LogP contribution in [0.3, 0.4) is 0 Å². The highest BCUT2D eigenvalue weighted by Crippen LogP contribution is 2.62. The predicted molar refractivity (Wildman–Crippen MR) is 45.1 cm³/mol. The maximum Gasteiger partial charge on any atom is 0.438 e. The van der Waals surface area contributed by atoms with Crippen LogP contribution in [0.4, 0.5) is 57.1 Å². The first-order valence-electron chi connectivity index (χ1n) is 5.40. The molecule has 1 rings (SSSR count). The summed E-state index contributed by atoms with van der Waals surface area (Å²) in [6.07, 6.45) is -19.3. The van der Waals surface area contributed by atoms with Crippen molar-refractivity contribution in [2.45, 2.75) is 48.3 Å². The molecule has 0 bridgehead atoms. The third kappa shape index (κ3) is 2.82. The molecule has 1 unspecified atom stereocenters. The minimum absolute atomic E-state index is 0.642. The third-order valence-corrected chi connectivity index (χ3v) is 2.95. The molecule has 1 atom stereocenters. The Morgan fingerprint density at radius 3 is 1.26 bits per heavy atom. The minimum atomic E-state index is -7.88. The Labute approximate surface area is 118 Å². The molecule has 0 N–H and O–H groups in total. The van der Waals surface area contributed by atoms with E-state index in [1.165, 1.54) is 0 Å². The summed E-state index contributed by atoms with van der Waals surface area (Å²) in [4.78, 5) is 0. The zero-order valence-corrected chi connectivity index (χ0v) is 10.3. The standard InChI is InChI=1S/C9H5F13O/c10-4(11,1-3-2-23-3)6(13,14)7(15,16)5(12,8(17,18)19)9(20,21)22/h3H,1-2H2. The molecule has 1 aliphatic heterocycles. The van der Waals surface area contributed by atoms with Crippen molar-refractivity contribution in [1.82, 2.24) is 0 Å². The van der Waals surface area contributed by atoms with Crippen molar-refractivity contribution in [3.05, 3.63) is 0 Å². The lowest BCUT2D eigenvalue weighted by molar-refractivity contribution is -0.444. The van der Waals surface area contributed by atoms with Crippen molar-refractivity contribution < 1.29 is 61.8 Å². The van der Waals surface area contributed by atoms with Crippen molar-refractivity contribution in [3.63, 3.8) is 0 Å². The minimum Gasteiger partial charge on any atom is -0.373 e. The summed E-state index contributed by atoms with van der Waals surface area (Å²) in [7, 11) is 0. The summed E-state index contributed by atoms with van der Waals surface area (Å²) in [5.74, 6) is -21.2. The van der Waals surface area contributed by atoms with E-state index in [1.54, 1.807) is 0 Å². The van der Waals surface area contributed by atoms with Crippen LogP contribution < -0.4 is 0 Å². The van der Waals surface area contributed by atoms with Gasteiger partial charge in [-0.05, 0) is 0 Å². The van der Waals surface area contributed by atoms with Crippen molar-refractivity contribution in [2.75, 3.05) is 6.61 Å². The van der Waals surface area contributed by atoms with E-state index >= 15 is 0 Å². The third-order valence-electron chi connectivity index (χ3n) is 2.95. The molecule has 0 aromatic rings. The molecule has 0 aromatic heterocycles. The van der Waals surface area contributed by atoms with E-state index in [2.05, 4.69) is 4.74 Å². The SMILES string of the molecule is FC(F)(F)C(F)(C(F)(F)F)C(F)(F)C(F)(F)C(F)(F)CC1CO1. The van der Waals surface area contributed by atoms with Gasteiger partial charge in [0.25, 0.3) is 0 Å². The van der Waals surface area contributed by atoms with Gasteiger partial charge in [0.1, 0.15) is 0 Å². The van der Waals surface area contributed by atoms with Gasteiger partial charge >= 0.3 is 35.8 Å². The number of ether oxygens (including phenoxy) is 1. The van der Waals surface area contributed by atoms with Crippen LogP contribution >= 0.6 is 0 Å². The molecule has 138 valence electrons. The summed E-state index contributed by atoms with van der Waals surface area (Å²) < 4.78 is 168. The van der Waals surface area contributed by atoms with E-state index in [9.17, 15) is 57.1 Å². The fourth-order valence-electron chi connectivity index (χ4n) is 1.56. The molecule has 23 heavy (non-hydrogen) atoms. The summed E-state index contributed by atoms with van der Waals surface area (Å²) in [5.41, 5.74) is -7.88. The molecule has 0 radical (unpaired) electrons. The first-order chi connectivity index (χ1) is 9.83. The molecule has 1 aliphatic rings. The van der Waals surface area contributed by atoms with E-state index in [0.29, 0.717) is 0 Å². The number of epoxide rings is 1. The van der Waals surface area contributed by atoms with Gasteiger partial charge in [0.15, 0.2) is 0 Å². The maximum atomic E-state index is 13.1. The molecule has 1 fully saturated rings. The first-order valence-corrected chi connectivity index (χ1v) is 5.40. The number of halogens is 13. The topological polar surface area (TPSA) is 12.5 Å². The van der Waals surface area contributed by atoms with E-state index in [0.717, 1.165) is 0 Å². The normalized spacial score (nSPS) is 21.5. The van der Waals surface area contributed by atoms with Crippen LogP contribution in [0, 0.1) is 0 Å². The van der Waals surface area contributed by atoms with Gasteiger partial charge in [-0.2, -0.15) is 52.7 Å². The molecular formula is C9H5F13O. The van der Waals surface area contributed by atoms with E-state index in [-0.39, 0.29) is 0 Å². The Hall–Kier alpha value is -0.950. The zero-order valence-electron chi connectivity index (χ0n) is 10.3. The summed E-state index contributed by atoms with van der Waals surface area (Å²) in [5, 5.41) is 0. The molecule has 1 nitrogen and oxygen atoms in total. The van der Waals surface area contributed by atoms with Crippen LogP contribution in [0.25, 0.3) is 0 Å². The van der Waals surface area contributed by atoms with E-state index in [4.69, 9.17) is 0 Å². The number of rotatable bonds is 5. The highest BCUT2D eigenvalue weighted by Gasteiger charge is 2.93. The van der Waals surface area contributed by atoms with Crippen molar-refractivity contribution in [3.8, 4) is 0 Å². The Bertz CT molecular complexity index is 429. The summed E-state index contributed by atoms with van der Waals surface area (Å²) >= 11 is 0.